The number of ether oxygens (including phenoxy) is 3. The molecule has 0 saturated carbocycles. The second-order valence-electron chi connectivity index (χ2n) is 7.26. The zero-order valence-corrected chi connectivity index (χ0v) is 18.2. The Labute approximate surface area is 173 Å². The van der Waals surface area contributed by atoms with Crippen molar-refractivity contribution >= 4 is 0 Å². The van der Waals surface area contributed by atoms with E-state index in [2.05, 4.69) is 6.92 Å². The van der Waals surface area contributed by atoms with Gasteiger partial charge in [0.05, 0.1) is 6.10 Å². The van der Waals surface area contributed by atoms with Crippen molar-refractivity contribution in [1.82, 2.24) is 0 Å². The van der Waals surface area contributed by atoms with Gasteiger partial charge in [-0.15, -0.1) is 0 Å². The topological polar surface area (TPSA) is 27.7 Å². The summed E-state index contributed by atoms with van der Waals surface area (Å²) in [5, 5.41) is 0. The van der Waals surface area contributed by atoms with E-state index < -0.39 is 23.9 Å². The molecular formula is C23H37F3O3. The minimum atomic E-state index is -1.17. The third-order valence-corrected chi connectivity index (χ3v) is 4.86. The highest BCUT2D eigenvalue weighted by molar-refractivity contribution is 5.20. The Morgan fingerprint density at radius 2 is 1.31 bits per heavy atom. The van der Waals surface area contributed by atoms with Crippen molar-refractivity contribution < 1.29 is 27.4 Å². The Kier molecular flexibility index (Phi) is 14.0. The van der Waals surface area contributed by atoms with Gasteiger partial charge < -0.3 is 14.2 Å². The molecule has 0 aliphatic carbocycles. The average molecular weight is 419 g/mol. The van der Waals surface area contributed by atoms with E-state index in [-0.39, 0.29) is 18.1 Å². The summed E-state index contributed by atoms with van der Waals surface area (Å²) in [7, 11) is 0. The lowest BCUT2D eigenvalue weighted by molar-refractivity contribution is -0.302. The maximum atomic E-state index is 13.9. The summed E-state index contributed by atoms with van der Waals surface area (Å²) in [6.07, 6.45) is 9.61. The fraction of sp³-hybridized carbons (Fsp3) is 0.739. The van der Waals surface area contributed by atoms with E-state index in [4.69, 9.17) is 14.2 Å². The molecule has 0 saturated heterocycles. The predicted molar refractivity (Wildman–Crippen MR) is 109 cm³/mol. The monoisotopic (exact) mass is 418 g/mol. The first-order valence-corrected chi connectivity index (χ1v) is 11.0. The Morgan fingerprint density at radius 1 is 0.724 bits per heavy atom. The van der Waals surface area contributed by atoms with E-state index in [0.717, 1.165) is 25.3 Å². The van der Waals surface area contributed by atoms with Crippen molar-refractivity contribution in [2.24, 2.45) is 0 Å². The van der Waals surface area contributed by atoms with Crippen LogP contribution < -0.4 is 0 Å². The maximum Gasteiger partial charge on any atom is 0.271 e. The summed E-state index contributed by atoms with van der Waals surface area (Å²) in [4.78, 5) is 0. The first kappa shape index (κ1) is 25.9. The van der Waals surface area contributed by atoms with Crippen molar-refractivity contribution in [1.29, 1.82) is 0 Å². The molecule has 0 aliphatic rings. The first-order valence-electron chi connectivity index (χ1n) is 11.0. The lowest BCUT2D eigenvalue weighted by atomic mass is 10.0. The van der Waals surface area contributed by atoms with Crippen LogP contribution in [0.25, 0.3) is 0 Å². The first-order chi connectivity index (χ1) is 14.0. The van der Waals surface area contributed by atoms with E-state index in [9.17, 15) is 13.2 Å². The van der Waals surface area contributed by atoms with Crippen LogP contribution >= 0.6 is 0 Å². The van der Waals surface area contributed by atoms with E-state index in [1.54, 1.807) is 0 Å². The van der Waals surface area contributed by atoms with Gasteiger partial charge in [0.25, 0.3) is 6.48 Å². The summed E-state index contributed by atoms with van der Waals surface area (Å²) >= 11 is 0. The van der Waals surface area contributed by atoms with Crippen molar-refractivity contribution in [3.8, 4) is 0 Å². The van der Waals surface area contributed by atoms with Gasteiger partial charge in [-0.25, -0.2) is 13.2 Å². The second kappa shape index (κ2) is 15.7. The average Bonchev–Trinajstić information content (AvgIpc) is 2.69. The summed E-state index contributed by atoms with van der Waals surface area (Å²) in [6, 6.07) is 1.53. The highest BCUT2D eigenvalue weighted by Gasteiger charge is 2.19. The number of hydrogen-bond donors (Lipinski definition) is 0. The van der Waals surface area contributed by atoms with Gasteiger partial charge >= 0.3 is 0 Å². The van der Waals surface area contributed by atoms with Gasteiger partial charge in [0.1, 0.15) is 5.82 Å². The molecule has 1 aromatic carbocycles. The fourth-order valence-electron chi connectivity index (χ4n) is 3.24. The van der Waals surface area contributed by atoms with Crippen LogP contribution in [0.2, 0.25) is 0 Å². The lowest BCUT2D eigenvalue weighted by Gasteiger charge is -2.24. The number of rotatable bonds is 17. The number of halogens is 3. The molecular weight excluding hydrogens is 381 g/mol. The van der Waals surface area contributed by atoms with E-state index in [1.165, 1.54) is 32.1 Å². The highest BCUT2D eigenvalue weighted by Crippen LogP contribution is 2.20. The third kappa shape index (κ3) is 11.0. The summed E-state index contributed by atoms with van der Waals surface area (Å²) < 4.78 is 57.4. The smallest absolute Gasteiger partial charge is 0.271 e. The Bertz CT molecular complexity index is 548. The maximum absolute atomic E-state index is 13.9. The number of unbranched alkanes of at least 4 members (excludes halogenated alkanes) is 6. The van der Waals surface area contributed by atoms with E-state index in [0.29, 0.717) is 25.7 Å². The molecule has 29 heavy (non-hydrogen) atoms. The van der Waals surface area contributed by atoms with Gasteiger partial charge in [0.2, 0.25) is 0 Å². The Balaban J connectivity index is 2.60. The molecule has 1 rings (SSSR count). The summed E-state index contributed by atoms with van der Waals surface area (Å²) in [5.74, 6) is -2.94. The molecule has 0 fully saturated rings. The zero-order chi connectivity index (χ0) is 21.5. The van der Waals surface area contributed by atoms with Gasteiger partial charge in [0.15, 0.2) is 11.6 Å². The van der Waals surface area contributed by atoms with Crippen molar-refractivity contribution in [3.63, 3.8) is 0 Å². The van der Waals surface area contributed by atoms with Crippen molar-refractivity contribution in [2.75, 3.05) is 13.2 Å². The molecule has 0 bridgehead atoms. The van der Waals surface area contributed by atoms with Gasteiger partial charge in [0, 0.05) is 19.3 Å². The summed E-state index contributed by atoms with van der Waals surface area (Å²) in [5.41, 5.74) is 0.154. The molecule has 0 heterocycles. The molecule has 0 aliphatic heterocycles. The molecule has 0 spiro atoms. The van der Waals surface area contributed by atoms with Crippen LogP contribution in [-0.2, 0) is 20.6 Å². The molecule has 0 aromatic heterocycles. The van der Waals surface area contributed by atoms with Gasteiger partial charge in [-0.1, -0.05) is 51.9 Å². The van der Waals surface area contributed by atoms with Crippen LogP contribution in [-0.4, -0.2) is 25.8 Å². The minimum absolute atomic E-state index is 0.154. The van der Waals surface area contributed by atoms with E-state index >= 15 is 0 Å². The van der Waals surface area contributed by atoms with Crippen molar-refractivity contribution in [2.45, 2.75) is 97.6 Å². The Morgan fingerprint density at radius 3 is 1.93 bits per heavy atom. The predicted octanol–water partition coefficient (Wildman–Crippen LogP) is 6.92. The lowest BCUT2D eigenvalue weighted by Crippen LogP contribution is -2.28. The van der Waals surface area contributed by atoms with E-state index in [1.807, 2.05) is 13.8 Å². The molecule has 6 heteroatoms. The summed E-state index contributed by atoms with van der Waals surface area (Å²) in [6.45, 7) is 6.05. The largest absolute Gasteiger partial charge is 0.330 e. The molecule has 168 valence electrons. The zero-order valence-electron chi connectivity index (χ0n) is 18.2. The van der Waals surface area contributed by atoms with Crippen LogP contribution in [0.15, 0.2) is 12.1 Å². The van der Waals surface area contributed by atoms with Gasteiger partial charge in [-0.3, -0.25) is 0 Å². The molecule has 0 radical (unpaired) electrons. The third-order valence-electron chi connectivity index (χ3n) is 4.86. The normalized spacial score (nSPS) is 12.7. The van der Waals surface area contributed by atoms with Crippen LogP contribution in [0.4, 0.5) is 13.2 Å². The number of aryl methyl sites for hydroxylation is 1. The fourth-order valence-corrected chi connectivity index (χ4v) is 3.24. The molecule has 0 N–H and O–H groups in total. The quantitative estimate of drug-likeness (QED) is 0.156. The van der Waals surface area contributed by atoms with Crippen LogP contribution in [0.3, 0.4) is 0 Å². The van der Waals surface area contributed by atoms with Crippen LogP contribution in [0.1, 0.15) is 84.1 Å². The molecule has 1 aromatic rings. The second-order valence-corrected chi connectivity index (χ2v) is 7.26. The molecule has 0 amide bonds. The van der Waals surface area contributed by atoms with Crippen molar-refractivity contribution in [3.05, 3.63) is 35.1 Å². The van der Waals surface area contributed by atoms with Crippen LogP contribution in [0.5, 0.6) is 0 Å². The van der Waals surface area contributed by atoms with Crippen LogP contribution in [0, 0.1) is 17.5 Å². The number of benzene rings is 1. The standard InChI is InChI=1S/C23H37F3O3/c1-4-7-8-9-10-11-12-13-19(29-23(27-5-2)28-6-3)15-14-18-16-21(25)22(26)17-20(18)24/h16-17,19,23H,4-15H2,1-3H3. The van der Waals surface area contributed by atoms with Gasteiger partial charge in [-0.05, 0) is 44.7 Å². The minimum Gasteiger partial charge on any atom is -0.330 e. The molecule has 1 atom stereocenters. The highest BCUT2D eigenvalue weighted by atomic mass is 19.2. The van der Waals surface area contributed by atoms with Gasteiger partial charge in [-0.2, -0.15) is 0 Å². The number of hydrogen-bond acceptors (Lipinski definition) is 3. The Hall–Kier alpha value is -1.11. The molecule has 3 nitrogen and oxygen atoms in total. The SMILES string of the molecule is CCCCCCCCCC(CCc1cc(F)c(F)cc1F)OC(OCC)OCC. The molecule has 1 unspecified atom stereocenters.